The SMILES string of the molecule is NC[C@@H]1C2C=CC(C2)[C@H]1CN. The lowest BCUT2D eigenvalue weighted by atomic mass is 9.83. The maximum absolute atomic E-state index is 5.70. The largest absolute Gasteiger partial charge is 0.330 e. The van der Waals surface area contributed by atoms with E-state index in [0.29, 0.717) is 11.8 Å². The summed E-state index contributed by atoms with van der Waals surface area (Å²) >= 11 is 0. The van der Waals surface area contributed by atoms with Crippen LogP contribution >= 0.6 is 0 Å². The number of nitrogens with two attached hydrogens (primary N) is 2. The first-order valence-corrected chi connectivity index (χ1v) is 4.45. The van der Waals surface area contributed by atoms with Crippen molar-refractivity contribution in [3.05, 3.63) is 12.2 Å². The maximum Gasteiger partial charge on any atom is -0.00399 e. The molecule has 11 heavy (non-hydrogen) atoms. The molecule has 2 aliphatic carbocycles. The summed E-state index contributed by atoms with van der Waals surface area (Å²) in [7, 11) is 0. The Bertz CT molecular complexity index is 158. The minimum atomic E-state index is 0.676. The van der Waals surface area contributed by atoms with Crippen LogP contribution in [0.2, 0.25) is 0 Å². The topological polar surface area (TPSA) is 52.0 Å². The molecule has 2 bridgehead atoms. The molecule has 0 aromatic heterocycles. The van der Waals surface area contributed by atoms with E-state index in [1.807, 2.05) is 0 Å². The first kappa shape index (κ1) is 7.32. The van der Waals surface area contributed by atoms with Gasteiger partial charge < -0.3 is 11.5 Å². The van der Waals surface area contributed by atoms with Crippen LogP contribution in [0.1, 0.15) is 6.42 Å². The fourth-order valence-electron chi connectivity index (χ4n) is 2.73. The van der Waals surface area contributed by atoms with Gasteiger partial charge >= 0.3 is 0 Å². The fourth-order valence-corrected chi connectivity index (χ4v) is 2.73. The summed E-state index contributed by atoms with van der Waals surface area (Å²) in [6.45, 7) is 1.63. The Morgan fingerprint density at radius 3 is 1.82 bits per heavy atom. The highest BCUT2D eigenvalue weighted by Gasteiger charge is 2.42. The van der Waals surface area contributed by atoms with Gasteiger partial charge in [0.2, 0.25) is 0 Å². The summed E-state index contributed by atoms with van der Waals surface area (Å²) in [5.41, 5.74) is 11.4. The minimum absolute atomic E-state index is 0.676. The molecular weight excluding hydrogens is 136 g/mol. The Morgan fingerprint density at radius 2 is 1.45 bits per heavy atom. The zero-order chi connectivity index (χ0) is 7.84. The van der Waals surface area contributed by atoms with Gasteiger partial charge in [-0.25, -0.2) is 0 Å². The van der Waals surface area contributed by atoms with Crippen molar-refractivity contribution in [3.63, 3.8) is 0 Å². The molecule has 1 fully saturated rings. The van der Waals surface area contributed by atoms with Gasteiger partial charge in [0.25, 0.3) is 0 Å². The third-order valence-electron chi connectivity index (χ3n) is 3.34. The zero-order valence-corrected chi connectivity index (χ0v) is 6.74. The monoisotopic (exact) mass is 152 g/mol. The third-order valence-corrected chi connectivity index (χ3v) is 3.34. The maximum atomic E-state index is 5.70. The van der Waals surface area contributed by atoms with E-state index in [4.69, 9.17) is 11.5 Å². The average molecular weight is 152 g/mol. The first-order chi connectivity index (χ1) is 5.36. The molecule has 2 rings (SSSR count). The highest BCUT2D eigenvalue weighted by Crippen LogP contribution is 2.46. The van der Waals surface area contributed by atoms with Gasteiger partial charge in [-0.15, -0.1) is 0 Å². The molecule has 2 nitrogen and oxygen atoms in total. The molecule has 1 saturated carbocycles. The smallest absolute Gasteiger partial charge is 0.00399 e. The molecule has 2 aliphatic rings. The van der Waals surface area contributed by atoms with Gasteiger partial charge in [0, 0.05) is 0 Å². The van der Waals surface area contributed by atoms with Crippen LogP contribution in [-0.2, 0) is 0 Å². The van der Waals surface area contributed by atoms with Gasteiger partial charge in [-0.2, -0.15) is 0 Å². The van der Waals surface area contributed by atoms with Crippen LogP contribution in [0.25, 0.3) is 0 Å². The molecule has 2 unspecified atom stereocenters. The second kappa shape index (κ2) is 2.61. The van der Waals surface area contributed by atoms with E-state index in [9.17, 15) is 0 Å². The Hall–Kier alpha value is -0.340. The third kappa shape index (κ3) is 0.932. The lowest BCUT2D eigenvalue weighted by molar-refractivity contribution is 0.325. The summed E-state index contributed by atoms with van der Waals surface area (Å²) in [4.78, 5) is 0. The average Bonchev–Trinajstić information content (AvgIpc) is 2.60. The zero-order valence-electron chi connectivity index (χ0n) is 6.74. The second-order valence-corrected chi connectivity index (χ2v) is 3.75. The first-order valence-electron chi connectivity index (χ1n) is 4.45. The number of hydrogen-bond donors (Lipinski definition) is 2. The lowest BCUT2D eigenvalue weighted by Gasteiger charge is -2.25. The van der Waals surface area contributed by atoms with E-state index >= 15 is 0 Å². The second-order valence-electron chi connectivity index (χ2n) is 3.75. The molecule has 4 atom stereocenters. The summed E-state index contributed by atoms with van der Waals surface area (Å²) in [6.07, 6.45) is 5.96. The Labute approximate surface area is 67.6 Å². The highest BCUT2D eigenvalue weighted by molar-refractivity contribution is 5.13. The van der Waals surface area contributed by atoms with Crippen LogP contribution in [0.5, 0.6) is 0 Å². The molecular formula is C9H16N2. The van der Waals surface area contributed by atoms with Gasteiger partial charge in [0.15, 0.2) is 0 Å². The van der Waals surface area contributed by atoms with Crippen molar-refractivity contribution in [2.24, 2.45) is 35.1 Å². The minimum Gasteiger partial charge on any atom is -0.330 e. The van der Waals surface area contributed by atoms with Gasteiger partial charge in [-0.05, 0) is 43.2 Å². The number of allylic oxidation sites excluding steroid dienone is 2. The predicted octanol–water partition coefficient (Wildman–Crippen LogP) is 0.342. The van der Waals surface area contributed by atoms with Crippen LogP contribution in [-0.4, -0.2) is 13.1 Å². The molecule has 0 heterocycles. The molecule has 4 N–H and O–H groups in total. The molecule has 0 amide bonds. The molecule has 0 saturated heterocycles. The number of hydrogen-bond acceptors (Lipinski definition) is 2. The van der Waals surface area contributed by atoms with Crippen LogP contribution < -0.4 is 11.5 Å². The summed E-state index contributed by atoms with van der Waals surface area (Å²) < 4.78 is 0. The van der Waals surface area contributed by atoms with Gasteiger partial charge in [0.1, 0.15) is 0 Å². The predicted molar refractivity (Wildman–Crippen MR) is 45.8 cm³/mol. The quantitative estimate of drug-likeness (QED) is 0.561. The Kier molecular flexibility index (Phi) is 1.74. The number of fused-ring (bicyclic) bond motifs is 2. The highest BCUT2D eigenvalue weighted by atomic mass is 14.7. The Morgan fingerprint density at radius 1 is 1.00 bits per heavy atom. The van der Waals surface area contributed by atoms with E-state index in [-0.39, 0.29) is 0 Å². The fraction of sp³-hybridized carbons (Fsp3) is 0.778. The van der Waals surface area contributed by atoms with E-state index < -0.39 is 0 Å². The van der Waals surface area contributed by atoms with E-state index in [2.05, 4.69) is 12.2 Å². The molecule has 0 aliphatic heterocycles. The molecule has 2 heteroatoms. The van der Waals surface area contributed by atoms with Gasteiger partial charge in [-0.1, -0.05) is 12.2 Å². The van der Waals surface area contributed by atoms with Gasteiger partial charge in [-0.3, -0.25) is 0 Å². The van der Waals surface area contributed by atoms with Crippen molar-refractivity contribution < 1.29 is 0 Å². The number of rotatable bonds is 2. The van der Waals surface area contributed by atoms with Crippen molar-refractivity contribution in [3.8, 4) is 0 Å². The molecule has 0 aromatic carbocycles. The van der Waals surface area contributed by atoms with Crippen LogP contribution in [0.3, 0.4) is 0 Å². The van der Waals surface area contributed by atoms with E-state index in [0.717, 1.165) is 24.9 Å². The molecule has 62 valence electrons. The van der Waals surface area contributed by atoms with Crippen molar-refractivity contribution in [2.45, 2.75) is 6.42 Å². The van der Waals surface area contributed by atoms with Crippen LogP contribution in [0, 0.1) is 23.7 Å². The lowest BCUT2D eigenvalue weighted by Crippen LogP contribution is -2.32. The van der Waals surface area contributed by atoms with E-state index in [1.54, 1.807) is 0 Å². The van der Waals surface area contributed by atoms with Crippen LogP contribution in [0.15, 0.2) is 12.2 Å². The molecule has 0 spiro atoms. The molecule has 0 radical (unpaired) electrons. The standard InChI is InChI=1S/C9H16N2/c10-4-8-6-1-2-7(3-6)9(8)5-11/h1-2,6-9H,3-5,10-11H2/t6?,7?,8-,9-/m1/s1. The summed E-state index contributed by atoms with van der Waals surface area (Å²) in [5, 5.41) is 0. The van der Waals surface area contributed by atoms with Gasteiger partial charge in [0.05, 0.1) is 0 Å². The van der Waals surface area contributed by atoms with Crippen LogP contribution in [0.4, 0.5) is 0 Å². The van der Waals surface area contributed by atoms with Crippen molar-refractivity contribution >= 4 is 0 Å². The molecule has 0 aromatic rings. The summed E-state index contributed by atoms with van der Waals surface area (Å²) in [6, 6.07) is 0. The van der Waals surface area contributed by atoms with Crippen molar-refractivity contribution in [1.82, 2.24) is 0 Å². The Balaban J connectivity index is 2.15. The van der Waals surface area contributed by atoms with E-state index in [1.165, 1.54) is 6.42 Å². The van der Waals surface area contributed by atoms with Crippen molar-refractivity contribution in [2.75, 3.05) is 13.1 Å². The summed E-state index contributed by atoms with van der Waals surface area (Å²) in [5.74, 6) is 2.85. The van der Waals surface area contributed by atoms with Crippen molar-refractivity contribution in [1.29, 1.82) is 0 Å². The normalized spacial score (nSPS) is 47.1.